The highest BCUT2D eigenvalue weighted by molar-refractivity contribution is 7.90. The molecule has 15 heteroatoms. The fraction of sp³-hybridized carbons (Fsp3) is 0.480. The van der Waals surface area contributed by atoms with E-state index in [1.807, 2.05) is 24.1 Å². The molecule has 13 nitrogen and oxygen atoms in total. The number of sulfone groups is 1. The van der Waals surface area contributed by atoms with E-state index in [2.05, 4.69) is 20.6 Å². The van der Waals surface area contributed by atoms with Gasteiger partial charge < -0.3 is 15.0 Å². The Morgan fingerprint density at radius 1 is 1.25 bits per heavy atom. The molecule has 0 radical (unpaired) electrons. The molecular weight excluding hydrogens is 560 g/mol. The Balaban J connectivity index is 0.00000441. The van der Waals surface area contributed by atoms with Crippen molar-refractivity contribution >= 4 is 51.5 Å². The largest absolute Gasteiger partial charge is 0.481 e. The van der Waals surface area contributed by atoms with Gasteiger partial charge in [-0.2, -0.15) is 10.2 Å². The zero-order valence-electron chi connectivity index (χ0n) is 22.6. The average Bonchev–Trinajstić information content (AvgIpc) is 2.89. The van der Waals surface area contributed by atoms with Crippen LogP contribution in [0.1, 0.15) is 23.1 Å². The number of anilines is 3. The van der Waals surface area contributed by atoms with Crippen LogP contribution < -0.4 is 20.3 Å². The number of methoxy groups -OCH3 is 1. The first kappa shape index (κ1) is 30.9. The maximum atomic E-state index is 13.3. The van der Waals surface area contributed by atoms with E-state index in [4.69, 9.17) is 4.74 Å². The maximum absolute atomic E-state index is 13.3. The molecule has 0 aliphatic carbocycles. The first-order chi connectivity index (χ1) is 18.6. The zero-order chi connectivity index (χ0) is 28.2. The lowest BCUT2D eigenvalue weighted by atomic mass is 10.0. The number of fused-ring (bicyclic) bond motifs is 1. The number of pyridine rings is 2. The van der Waals surface area contributed by atoms with Gasteiger partial charge in [-0.05, 0) is 31.5 Å². The molecule has 2 aromatic rings. The van der Waals surface area contributed by atoms with Crippen LogP contribution in [-0.4, -0.2) is 99.0 Å². The summed E-state index contributed by atoms with van der Waals surface area (Å²) >= 11 is 0. The van der Waals surface area contributed by atoms with Gasteiger partial charge in [-0.3, -0.25) is 19.9 Å². The molecule has 2 aromatic heterocycles. The van der Waals surface area contributed by atoms with Crippen molar-refractivity contribution in [3.8, 4) is 11.9 Å². The Morgan fingerprint density at radius 3 is 2.70 bits per heavy atom. The third-order valence-corrected chi connectivity index (χ3v) is 7.50. The molecule has 0 aromatic carbocycles. The molecule has 4 rings (SSSR count). The molecular formula is C25H33ClN8O5S. The van der Waals surface area contributed by atoms with Crippen LogP contribution in [0.5, 0.6) is 5.88 Å². The van der Waals surface area contributed by atoms with Crippen molar-refractivity contribution in [2.45, 2.75) is 19.4 Å². The summed E-state index contributed by atoms with van der Waals surface area (Å²) in [6, 6.07) is 5.00. The number of nitrogens with one attached hydrogen (secondary N) is 2. The minimum atomic E-state index is -3.18. The van der Waals surface area contributed by atoms with E-state index in [0.717, 1.165) is 36.8 Å². The molecule has 0 bridgehead atoms. The first-order valence-electron chi connectivity index (χ1n) is 12.5. The van der Waals surface area contributed by atoms with Gasteiger partial charge in [0.25, 0.3) is 0 Å². The fourth-order valence-electron chi connectivity index (χ4n) is 4.52. The number of nitrogens with zero attached hydrogens (tertiary/aromatic N) is 6. The third-order valence-electron chi connectivity index (χ3n) is 6.56. The molecule has 0 unspecified atom stereocenters. The monoisotopic (exact) mass is 592 g/mol. The topological polar surface area (TPSA) is 161 Å². The SMILES string of the molecule is COc1nc2c(cc1CN1CCN(C)CC1=O)CCCN2C(=O)Nc1cc(NCCS(C)(=O)=O)c(C#N)cn1.Cl. The van der Waals surface area contributed by atoms with Crippen LogP contribution >= 0.6 is 12.4 Å². The molecule has 40 heavy (non-hydrogen) atoms. The first-order valence-corrected chi connectivity index (χ1v) is 14.6. The second kappa shape index (κ2) is 13.1. The number of halogens is 1. The normalized spacial score (nSPS) is 15.5. The van der Waals surface area contributed by atoms with E-state index in [0.29, 0.717) is 43.6 Å². The number of piperazine rings is 1. The summed E-state index contributed by atoms with van der Waals surface area (Å²) in [6.45, 7) is 2.70. The van der Waals surface area contributed by atoms with Gasteiger partial charge in [0.15, 0.2) is 0 Å². The van der Waals surface area contributed by atoms with E-state index in [9.17, 15) is 23.3 Å². The summed E-state index contributed by atoms with van der Waals surface area (Å²) in [5.41, 5.74) is 2.26. The number of ether oxygens (including phenoxy) is 1. The number of carbonyl (C=O) groups is 2. The van der Waals surface area contributed by atoms with Crippen molar-refractivity contribution in [3.05, 3.63) is 35.0 Å². The Hall–Kier alpha value is -3.67. The van der Waals surface area contributed by atoms with E-state index in [-0.39, 0.29) is 42.0 Å². The highest BCUT2D eigenvalue weighted by Crippen LogP contribution is 2.32. The van der Waals surface area contributed by atoms with Gasteiger partial charge in [-0.25, -0.2) is 18.2 Å². The summed E-state index contributed by atoms with van der Waals surface area (Å²) in [5, 5.41) is 15.0. The number of urea groups is 1. The Morgan fingerprint density at radius 2 is 2.02 bits per heavy atom. The van der Waals surface area contributed by atoms with Gasteiger partial charge in [0.2, 0.25) is 11.8 Å². The minimum Gasteiger partial charge on any atom is -0.481 e. The highest BCUT2D eigenvalue weighted by atomic mass is 35.5. The standard InChI is InChI=1S/C25H32N8O5S.ClH/c1-31-8-9-32(22(34)16-31)15-18-11-17-5-4-7-33(23(17)30-24(18)38-2)25(35)29-21-12-20(19(13-26)14-28-21)27-6-10-39(3,36)37;/h11-12,14H,4-10,15-16H2,1-3H3,(H2,27,28,29,35);1H. The Labute approximate surface area is 239 Å². The lowest BCUT2D eigenvalue weighted by Gasteiger charge is -2.33. The van der Waals surface area contributed by atoms with Gasteiger partial charge in [0, 0.05) is 50.3 Å². The van der Waals surface area contributed by atoms with Crippen LogP contribution in [0.25, 0.3) is 0 Å². The van der Waals surface area contributed by atoms with Crippen LogP contribution in [0.4, 0.5) is 22.1 Å². The van der Waals surface area contributed by atoms with Crippen molar-refractivity contribution in [2.24, 2.45) is 0 Å². The fourth-order valence-corrected chi connectivity index (χ4v) is 4.99. The predicted octanol–water partition coefficient (Wildman–Crippen LogP) is 1.49. The Bertz CT molecular complexity index is 1410. The van der Waals surface area contributed by atoms with Gasteiger partial charge >= 0.3 is 6.03 Å². The number of likely N-dealkylation sites (N-methyl/N-ethyl adjacent to an activating group) is 1. The number of hydrogen-bond donors (Lipinski definition) is 2. The smallest absolute Gasteiger partial charge is 0.328 e. The molecule has 4 heterocycles. The number of hydrogen-bond acceptors (Lipinski definition) is 10. The average molecular weight is 593 g/mol. The lowest BCUT2D eigenvalue weighted by Crippen LogP contribution is -2.48. The third kappa shape index (κ3) is 7.50. The van der Waals surface area contributed by atoms with Crippen LogP contribution in [-0.2, 0) is 27.6 Å². The maximum Gasteiger partial charge on any atom is 0.328 e. The molecule has 2 N–H and O–H groups in total. The molecule has 2 aliphatic heterocycles. The van der Waals surface area contributed by atoms with Gasteiger partial charge in [0.05, 0.1) is 37.2 Å². The number of aryl methyl sites for hydroxylation is 1. The van der Waals surface area contributed by atoms with Gasteiger partial charge in [0.1, 0.15) is 27.5 Å². The van der Waals surface area contributed by atoms with Crippen LogP contribution in [0, 0.1) is 11.3 Å². The molecule has 0 saturated carbocycles. The number of amides is 3. The van der Waals surface area contributed by atoms with Gasteiger partial charge in [-0.15, -0.1) is 12.4 Å². The summed E-state index contributed by atoms with van der Waals surface area (Å²) in [6.07, 6.45) is 3.89. The van der Waals surface area contributed by atoms with Gasteiger partial charge in [-0.1, -0.05) is 0 Å². The molecule has 0 spiro atoms. The van der Waals surface area contributed by atoms with E-state index in [1.165, 1.54) is 24.3 Å². The lowest BCUT2D eigenvalue weighted by molar-refractivity contribution is -0.136. The summed E-state index contributed by atoms with van der Waals surface area (Å²) in [7, 11) is 0.242. The van der Waals surface area contributed by atoms with Crippen molar-refractivity contribution < 1.29 is 22.7 Å². The zero-order valence-corrected chi connectivity index (χ0v) is 24.3. The number of aromatic nitrogens is 2. The quantitative estimate of drug-likeness (QED) is 0.459. The Kier molecular flexibility index (Phi) is 10.1. The molecule has 1 saturated heterocycles. The van der Waals surface area contributed by atoms with Crippen LogP contribution in [0.15, 0.2) is 18.3 Å². The molecule has 3 amide bonds. The minimum absolute atomic E-state index is 0. The van der Waals surface area contributed by atoms with Crippen LogP contribution in [0.2, 0.25) is 0 Å². The van der Waals surface area contributed by atoms with E-state index < -0.39 is 15.9 Å². The highest BCUT2D eigenvalue weighted by Gasteiger charge is 2.28. The number of rotatable bonds is 8. The number of nitriles is 1. The molecule has 216 valence electrons. The summed E-state index contributed by atoms with van der Waals surface area (Å²) < 4.78 is 28.4. The predicted molar refractivity (Wildman–Crippen MR) is 153 cm³/mol. The van der Waals surface area contributed by atoms with Crippen LogP contribution in [0.3, 0.4) is 0 Å². The summed E-state index contributed by atoms with van der Waals surface area (Å²) in [4.78, 5) is 39.9. The molecule has 2 aliphatic rings. The van der Waals surface area contributed by atoms with Crippen molar-refractivity contribution in [2.75, 3.05) is 74.4 Å². The summed E-state index contributed by atoms with van der Waals surface area (Å²) in [5.74, 6) is 0.971. The molecule has 1 fully saturated rings. The van der Waals surface area contributed by atoms with Crippen molar-refractivity contribution in [3.63, 3.8) is 0 Å². The van der Waals surface area contributed by atoms with Crippen molar-refractivity contribution in [1.29, 1.82) is 5.26 Å². The second-order valence-electron chi connectivity index (χ2n) is 9.66. The second-order valence-corrected chi connectivity index (χ2v) is 11.9. The number of carbonyl (C=O) groups excluding carboxylic acids is 2. The molecule has 0 atom stereocenters. The van der Waals surface area contributed by atoms with Crippen molar-refractivity contribution in [1.82, 2.24) is 19.8 Å². The van der Waals surface area contributed by atoms with E-state index >= 15 is 0 Å². The van der Waals surface area contributed by atoms with E-state index in [1.54, 1.807) is 4.90 Å².